The Kier molecular flexibility index (Phi) is 3.16. The van der Waals surface area contributed by atoms with Gasteiger partial charge in [0, 0.05) is 11.6 Å². The largest absolute Gasteiger partial charge is 0.295 e. The molecule has 0 aromatic heterocycles. The first kappa shape index (κ1) is 12.7. The molecular weight excluding hydrogens is 304 g/mol. The summed E-state index contributed by atoms with van der Waals surface area (Å²) < 4.78 is 0. The number of hydrogen-bond acceptors (Lipinski definition) is 4. The summed E-state index contributed by atoms with van der Waals surface area (Å²) in [5.74, 6) is -1.42. The summed E-state index contributed by atoms with van der Waals surface area (Å²) in [6.07, 6.45) is 0. The number of nitro groups is 1. The molecule has 94 valence electrons. The Morgan fingerprint density at radius 3 is 2.44 bits per heavy atom. The van der Waals surface area contributed by atoms with Gasteiger partial charge in [-0.05, 0) is 18.6 Å². The molecule has 7 heteroatoms. The van der Waals surface area contributed by atoms with E-state index < -0.39 is 21.6 Å². The molecule has 0 radical (unpaired) electrons. The normalized spacial score (nSPS) is 23.0. The fourth-order valence-electron chi connectivity index (χ4n) is 1.95. The third kappa shape index (κ3) is 2.01. The van der Waals surface area contributed by atoms with Crippen molar-refractivity contribution in [2.24, 2.45) is 0 Å². The van der Waals surface area contributed by atoms with Crippen LogP contribution in [0.25, 0.3) is 0 Å². The summed E-state index contributed by atoms with van der Waals surface area (Å²) in [6.45, 7) is 1.60. The van der Waals surface area contributed by atoms with Crippen molar-refractivity contribution in [1.82, 2.24) is 5.32 Å². The van der Waals surface area contributed by atoms with Crippen LogP contribution in [0, 0.1) is 17.0 Å². The zero-order chi connectivity index (χ0) is 13.4. The molecule has 1 saturated heterocycles. The summed E-state index contributed by atoms with van der Waals surface area (Å²) in [4.78, 5) is 32.6. The van der Waals surface area contributed by atoms with E-state index in [9.17, 15) is 19.7 Å². The van der Waals surface area contributed by atoms with Crippen molar-refractivity contribution < 1.29 is 14.5 Å². The third-order valence-electron chi connectivity index (χ3n) is 2.85. The number of aryl methyl sites for hydroxylation is 1. The smallest absolute Gasteiger partial charge is 0.272 e. The molecule has 1 aromatic rings. The van der Waals surface area contributed by atoms with Crippen LogP contribution in [-0.2, 0) is 9.59 Å². The summed E-state index contributed by atoms with van der Waals surface area (Å²) in [6, 6.07) is 4.41. The molecule has 6 nitrogen and oxygen atoms in total. The van der Waals surface area contributed by atoms with Gasteiger partial charge in [0.2, 0.25) is 11.8 Å². The topological polar surface area (TPSA) is 89.3 Å². The van der Waals surface area contributed by atoms with E-state index in [0.29, 0.717) is 11.1 Å². The summed E-state index contributed by atoms with van der Waals surface area (Å²) in [5, 5.41) is 12.9. The Hall–Kier alpha value is -1.76. The van der Waals surface area contributed by atoms with Crippen LogP contribution in [0.15, 0.2) is 18.2 Å². The van der Waals surface area contributed by atoms with Crippen LogP contribution in [0.4, 0.5) is 5.69 Å². The van der Waals surface area contributed by atoms with Gasteiger partial charge in [0.15, 0.2) is 0 Å². The van der Waals surface area contributed by atoms with Gasteiger partial charge in [-0.15, -0.1) is 0 Å². The monoisotopic (exact) mass is 312 g/mol. The molecule has 0 spiro atoms. The number of halogens is 1. The highest BCUT2D eigenvalue weighted by molar-refractivity contribution is 9.10. The van der Waals surface area contributed by atoms with E-state index in [4.69, 9.17) is 0 Å². The van der Waals surface area contributed by atoms with Crippen molar-refractivity contribution in [3.63, 3.8) is 0 Å². The zero-order valence-corrected chi connectivity index (χ0v) is 10.9. The molecule has 1 N–H and O–H groups in total. The predicted octanol–water partition coefficient (Wildman–Crippen LogP) is 1.41. The van der Waals surface area contributed by atoms with Crippen molar-refractivity contribution in [2.75, 3.05) is 0 Å². The third-order valence-corrected chi connectivity index (χ3v) is 3.79. The van der Waals surface area contributed by atoms with Crippen molar-refractivity contribution in [2.45, 2.75) is 17.7 Å². The van der Waals surface area contributed by atoms with Crippen molar-refractivity contribution in [3.05, 3.63) is 39.4 Å². The first-order valence-corrected chi connectivity index (χ1v) is 6.07. The van der Waals surface area contributed by atoms with Gasteiger partial charge >= 0.3 is 0 Å². The minimum Gasteiger partial charge on any atom is -0.295 e. The van der Waals surface area contributed by atoms with Gasteiger partial charge in [0.1, 0.15) is 4.83 Å². The van der Waals surface area contributed by atoms with Gasteiger partial charge in [0.25, 0.3) is 5.69 Å². The summed E-state index contributed by atoms with van der Waals surface area (Å²) in [5.41, 5.74) is 1.04. The number of carbonyl (C=O) groups is 2. The number of alkyl halides is 1. The van der Waals surface area contributed by atoms with Gasteiger partial charge in [-0.3, -0.25) is 25.0 Å². The number of nitrogens with zero attached hydrogens (tertiary/aromatic N) is 1. The van der Waals surface area contributed by atoms with Crippen molar-refractivity contribution >= 4 is 33.4 Å². The molecule has 1 aromatic carbocycles. The molecule has 2 rings (SSSR count). The van der Waals surface area contributed by atoms with Crippen molar-refractivity contribution in [1.29, 1.82) is 0 Å². The van der Waals surface area contributed by atoms with Crippen LogP contribution >= 0.6 is 15.9 Å². The highest BCUT2D eigenvalue weighted by Gasteiger charge is 2.41. The quantitative estimate of drug-likeness (QED) is 0.387. The molecule has 1 aliphatic rings. The maximum absolute atomic E-state index is 11.6. The van der Waals surface area contributed by atoms with Gasteiger partial charge < -0.3 is 0 Å². The van der Waals surface area contributed by atoms with Crippen LogP contribution in [0.2, 0.25) is 0 Å². The van der Waals surface area contributed by atoms with Gasteiger partial charge in [-0.1, -0.05) is 22.0 Å². The van der Waals surface area contributed by atoms with E-state index in [0.717, 1.165) is 0 Å². The van der Waals surface area contributed by atoms with E-state index >= 15 is 0 Å². The van der Waals surface area contributed by atoms with E-state index in [2.05, 4.69) is 21.2 Å². The Morgan fingerprint density at radius 1 is 1.33 bits per heavy atom. The molecule has 18 heavy (non-hydrogen) atoms. The predicted molar refractivity (Wildman–Crippen MR) is 66.4 cm³/mol. The minimum atomic E-state index is -0.642. The fourth-order valence-corrected chi connectivity index (χ4v) is 2.61. The Morgan fingerprint density at radius 2 is 2.00 bits per heavy atom. The first-order chi connectivity index (χ1) is 8.41. The zero-order valence-electron chi connectivity index (χ0n) is 9.34. The highest BCUT2D eigenvalue weighted by Crippen LogP contribution is 2.32. The molecule has 1 heterocycles. The molecular formula is C11H9BrN2O4. The molecule has 2 unspecified atom stereocenters. The number of benzene rings is 1. The standard InChI is InChI=1S/C11H9BrN2O4/c1-5-4-6(2-3-7(5)14(17)18)8-9(12)11(16)13-10(8)15/h2-4,8-9H,1H3,(H,13,15,16). The van der Waals surface area contributed by atoms with Crippen LogP contribution in [-0.4, -0.2) is 21.6 Å². The second kappa shape index (κ2) is 4.49. The van der Waals surface area contributed by atoms with Crippen LogP contribution in [0.3, 0.4) is 0 Å². The highest BCUT2D eigenvalue weighted by atomic mass is 79.9. The lowest BCUT2D eigenvalue weighted by atomic mass is 9.95. The molecule has 0 saturated carbocycles. The Labute approximate surface area is 111 Å². The fraction of sp³-hybridized carbons (Fsp3) is 0.273. The SMILES string of the molecule is Cc1cc(C2C(=O)NC(=O)C2Br)ccc1[N+](=O)[O-]. The molecule has 2 amide bonds. The lowest BCUT2D eigenvalue weighted by Gasteiger charge is -2.10. The Balaban J connectivity index is 2.41. The first-order valence-electron chi connectivity index (χ1n) is 5.15. The van der Waals surface area contributed by atoms with Crippen LogP contribution in [0.1, 0.15) is 17.0 Å². The number of imide groups is 1. The average Bonchev–Trinajstić information content (AvgIpc) is 2.52. The van der Waals surface area contributed by atoms with Gasteiger partial charge in [-0.25, -0.2) is 0 Å². The summed E-state index contributed by atoms with van der Waals surface area (Å²) >= 11 is 3.15. The van der Waals surface area contributed by atoms with E-state index in [-0.39, 0.29) is 11.6 Å². The number of hydrogen-bond donors (Lipinski definition) is 1. The van der Waals surface area contributed by atoms with Crippen LogP contribution < -0.4 is 5.32 Å². The van der Waals surface area contributed by atoms with Gasteiger partial charge in [0.05, 0.1) is 10.8 Å². The number of amides is 2. The number of nitrogens with one attached hydrogen (secondary N) is 1. The second-order valence-electron chi connectivity index (χ2n) is 4.04. The minimum absolute atomic E-state index is 0.00500. The molecule has 2 atom stereocenters. The van der Waals surface area contributed by atoms with E-state index in [1.807, 2.05) is 0 Å². The Bertz CT molecular complexity index is 558. The van der Waals surface area contributed by atoms with Crippen molar-refractivity contribution in [3.8, 4) is 0 Å². The lowest BCUT2D eigenvalue weighted by Crippen LogP contribution is -2.22. The number of rotatable bonds is 2. The maximum Gasteiger partial charge on any atom is 0.272 e. The molecule has 0 bridgehead atoms. The summed E-state index contributed by atoms with van der Waals surface area (Å²) in [7, 11) is 0. The molecule has 0 aliphatic carbocycles. The number of carbonyl (C=O) groups excluding carboxylic acids is 2. The molecule has 1 aliphatic heterocycles. The lowest BCUT2D eigenvalue weighted by molar-refractivity contribution is -0.385. The molecule has 1 fully saturated rings. The van der Waals surface area contributed by atoms with Gasteiger partial charge in [-0.2, -0.15) is 0 Å². The van der Waals surface area contributed by atoms with E-state index in [1.165, 1.54) is 12.1 Å². The second-order valence-corrected chi connectivity index (χ2v) is 5.02. The maximum atomic E-state index is 11.6. The number of nitro benzene ring substituents is 1. The average molecular weight is 313 g/mol. The van der Waals surface area contributed by atoms with Crippen LogP contribution in [0.5, 0.6) is 0 Å². The van der Waals surface area contributed by atoms with E-state index in [1.54, 1.807) is 13.0 Å².